The molecule has 136 valence electrons. The molecule has 0 unspecified atom stereocenters. The summed E-state index contributed by atoms with van der Waals surface area (Å²) in [5, 5.41) is 0. The Balaban J connectivity index is 1.34. The molecule has 0 aliphatic carbocycles. The minimum absolute atomic E-state index is 0.248. The molecule has 1 aliphatic heterocycles. The van der Waals surface area contributed by atoms with E-state index >= 15 is 0 Å². The average Bonchev–Trinajstić information content (AvgIpc) is 3.07. The number of hydrogen-bond donors (Lipinski definition) is 0. The first-order valence-corrected chi connectivity index (χ1v) is 8.91. The number of halogens is 1. The van der Waals surface area contributed by atoms with Crippen LogP contribution in [0.15, 0.2) is 48.8 Å². The van der Waals surface area contributed by atoms with E-state index in [1.807, 2.05) is 36.5 Å². The summed E-state index contributed by atoms with van der Waals surface area (Å²) < 4.78 is 21.4. The number of imidazole rings is 1. The highest BCUT2D eigenvalue weighted by molar-refractivity contribution is 5.39. The van der Waals surface area contributed by atoms with Gasteiger partial charge in [-0.15, -0.1) is 0 Å². The third-order valence-electron chi connectivity index (χ3n) is 4.92. The minimum Gasteiger partial charge on any atom is -0.494 e. The fourth-order valence-corrected chi connectivity index (χ4v) is 3.47. The molecule has 0 N–H and O–H groups in total. The summed E-state index contributed by atoms with van der Waals surface area (Å²) in [4.78, 5) is 9.36. The number of methoxy groups -OCH3 is 1. The highest BCUT2D eigenvalue weighted by Gasteiger charge is 2.19. The molecule has 26 heavy (non-hydrogen) atoms. The van der Waals surface area contributed by atoms with Crippen molar-refractivity contribution in [1.82, 2.24) is 19.2 Å². The van der Waals surface area contributed by atoms with Gasteiger partial charge < -0.3 is 9.14 Å². The van der Waals surface area contributed by atoms with Crippen molar-refractivity contribution < 1.29 is 9.13 Å². The van der Waals surface area contributed by atoms with Gasteiger partial charge in [-0.1, -0.05) is 18.2 Å². The lowest BCUT2D eigenvalue weighted by Gasteiger charge is -2.34. The predicted molar refractivity (Wildman–Crippen MR) is 98.7 cm³/mol. The summed E-state index contributed by atoms with van der Waals surface area (Å²) in [5.74, 6) is 0.0649. The summed E-state index contributed by atoms with van der Waals surface area (Å²) in [6, 6.07) is 11.4. The molecule has 6 heteroatoms. The van der Waals surface area contributed by atoms with Crippen LogP contribution in [0.2, 0.25) is 0 Å². The molecule has 0 spiro atoms. The van der Waals surface area contributed by atoms with Crippen LogP contribution in [0.25, 0.3) is 5.65 Å². The number of aromatic nitrogens is 2. The maximum absolute atomic E-state index is 14.3. The first-order valence-electron chi connectivity index (χ1n) is 8.91. The summed E-state index contributed by atoms with van der Waals surface area (Å²) >= 11 is 0. The largest absolute Gasteiger partial charge is 0.494 e. The van der Waals surface area contributed by atoms with Crippen LogP contribution in [0.3, 0.4) is 0 Å². The second kappa shape index (κ2) is 7.43. The standard InChI is InChI=1S/C20H23FN4O/c1-26-18-6-4-5-16(20(18)21)13-23-9-11-24(12-10-23)14-17-15-25-8-3-2-7-19(25)22-17/h2-8,15H,9-14H2,1H3. The van der Waals surface area contributed by atoms with Crippen molar-refractivity contribution in [3.63, 3.8) is 0 Å². The van der Waals surface area contributed by atoms with Crippen LogP contribution in [0.1, 0.15) is 11.3 Å². The van der Waals surface area contributed by atoms with E-state index in [2.05, 4.69) is 25.4 Å². The molecule has 1 fully saturated rings. The maximum atomic E-state index is 14.3. The lowest BCUT2D eigenvalue weighted by atomic mass is 10.1. The Kier molecular flexibility index (Phi) is 4.86. The van der Waals surface area contributed by atoms with Gasteiger partial charge in [-0.3, -0.25) is 9.80 Å². The molecular weight excluding hydrogens is 331 g/mol. The second-order valence-electron chi connectivity index (χ2n) is 6.68. The molecule has 2 aromatic heterocycles. The van der Waals surface area contributed by atoms with Crippen molar-refractivity contribution in [3.8, 4) is 5.75 Å². The van der Waals surface area contributed by atoms with Crippen molar-refractivity contribution in [2.45, 2.75) is 13.1 Å². The van der Waals surface area contributed by atoms with Crippen LogP contribution >= 0.6 is 0 Å². The summed E-state index contributed by atoms with van der Waals surface area (Å²) in [7, 11) is 1.50. The Morgan fingerprint density at radius 1 is 1.00 bits per heavy atom. The number of ether oxygens (including phenoxy) is 1. The average molecular weight is 354 g/mol. The smallest absolute Gasteiger partial charge is 0.169 e. The molecule has 1 aromatic carbocycles. The van der Waals surface area contributed by atoms with Crippen LogP contribution < -0.4 is 4.74 Å². The zero-order chi connectivity index (χ0) is 17.9. The number of rotatable bonds is 5. The van der Waals surface area contributed by atoms with Gasteiger partial charge in [0.1, 0.15) is 5.65 Å². The zero-order valence-electron chi connectivity index (χ0n) is 14.9. The first kappa shape index (κ1) is 17.0. The Labute approximate surface area is 152 Å². The molecule has 4 rings (SSSR count). The highest BCUT2D eigenvalue weighted by Crippen LogP contribution is 2.21. The van der Waals surface area contributed by atoms with E-state index in [4.69, 9.17) is 4.74 Å². The van der Waals surface area contributed by atoms with Crippen molar-refractivity contribution in [1.29, 1.82) is 0 Å². The Morgan fingerprint density at radius 3 is 2.50 bits per heavy atom. The number of nitrogens with zero attached hydrogens (tertiary/aromatic N) is 4. The van der Waals surface area contributed by atoms with Gasteiger partial charge in [-0.05, 0) is 18.2 Å². The van der Waals surface area contributed by atoms with Gasteiger partial charge >= 0.3 is 0 Å². The molecule has 0 amide bonds. The molecule has 1 aliphatic rings. The summed E-state index contributed by atoms with van der Waals surface area (Å²) in [5.41, 5.74) is 2.76. The predicted octanol–water partition coefficient (Wildman–Crippen LogP) is 2.80. The van der Waals surface area contributed by atoms with Gasteiger partial charge in [-0.25, -0.2) is 9.37 Å². The van der Waals surface area contributed by atoms with Crippen LogP contribution in [0.4, 0.5) is 4.39 Å². The molecule has 1 saturated heterocycles. The maximum Gasteiger partial charge on any atom is 0.169 e. The van der Waals surface area contributed by atoms with E-state index in [0.29, 0.717) is 17.9 Å². The third kappa shape index (κ3) is 3.57. The molecule has 5 nitrogen and oxygen atoms in total. The topological polar surface area (TPSA) is 33.0 Å². The Hall–Kier alpha value is -2.44. The van der Waals surface area contributed by atoms with E-state index in [-0.39, 0.29) is 5.82 Å². The Morgan fingerprint density at radius 2 is 1.77 bits per heavy atom. The monoisotopic (exact) mass is 354 g/mol. The molecule has 3 aromatic rings. The van der Waals surface area contributed by atoms with Gasteiger partial charge in [0.05, 0.1) is 12.8 Å². The first-order chi connectivity index (χ1) is 12.7. The van der Waals surface area contributed by atoms with Crippen molar-refractivity contribution in [2.24, 2.45) is 0 Å². The molecule has 0 saturated carbocycles. The van der Waals surface area contributed by atoms with Gasteiger partial charge in [0.15, 0.2) is 11.6 Å². The molecule has 0 bridgehead atoms. The fraction of sp³-hybridized carbons (Fsp3) is 0.350. The van der Waals surface area contributed by atoms with Gasteiger partial charge in [0, 0.05) is 57.2 Å². The van der Waals surface area contributed by atoms with E-state index in [1.165, 1.54) is 7.11 Å². The van der Waals surface area contributed by atoms with Crippen LogP contribution in [0.5, 0.6) is 5.75 Å². The number of hydrogen-bond acceptors (Lipinski definition) is 4. The van der Waals surface area contributed by atoms with E-state index in [1.54, 1.807) is 6.07 Å². The van der Waals surface area contributed by atoms with Gasteiger partial charge in [0.2, 0.25) is 0 Å². The van der Waals surface area contributed by atoms with Crippen LogP contribution in [-0.4, -0.2) is 52.5 Å². The number of benzene rings is 1. The summed E-state index contributed by atoms with van der Waals surface area (Å²) in [6.07, 6.45) is 4.11. The van der Waals surface area contributed by atoms with E-state index in [0.717, 1.165) is 44.1 Å². The van der Waals surface area contributed by atoms with Gasteiger partial charge in [0.25, 0.3) is 0 Å². The normalized spacial score (nSPS) is 16.2. The van der Waals surface area contributed by atoms with Crippen molar-refractivity contribution >= 4 is 5.65 Å². The van der Waals surface area contributed by atoms with Crippen LogP contribution in [-0.2, 0) is 13.1 Å². The van der Waals surface area contributed by atoms with Crippen molar-refractivity contribution in [2.75, 3.05) is 33.3 Å². The number of piperazine rings is 1. The lowest BCUT2D eigenvalue weighted by molar-refractivity contribution is 0.120. The number of pyridine rings is 1. The molecule has 0 atom stereocenters. The van der Waals surface area contributed by atoms with Crippen molar-refractivity contribution in [3.05, 3.63) is 65.9 Å². The van der Waals surface area contributed by atoms with E-state index < -0.39 is 0 Å². The van der Waals surface area contributed by atoms with E-state index in [9.17, 15) is 4.39 Å². The summed E-state index contributed by atoms with van der Waals surface area (Å²) in [6.45, 7) is 5.22. The fourth-order valence-electron chi connectivity index (χ4n) is 3.47. The second-order valence-corrected chi connectivity index (χ2v) is 6.68. The van der Waals surface area contributed by atoms with Crippen LogP contribution in [0, 0.1) is 5.82 Å². The zero-order valence-corrected chi connectivity index (χ0v) is 14.9. The lowest BCUT2D eigenvalue weighted by Crippen LogP contribution is -2.45. The number of fused-ring (bicyclic) bond motifs is 1. The third-order valence-corrected chi connectivity index (χ3v) is 4.92. The molecule has 0 radical (unpaired) electrons. The molecule has 3 heterocycles. The Bertz CT molecular complexity index is 853. The van der Waals surface area contributed by atoms with Gasteiger partial charge in [-0.2, -0.15) is 0 Å². The minimum atomic E-state index is -0.248. The SMILES string of the molecule is COc1cccc(CN2CCN(Cc3cn4ccccc4n3)CC2)c1F. The molecular formula is C20H23FN4O. The highest BCUT2D eigenvalue weighted by atomic mass is 19.1. The quantitative estimate of drug-likeness (QED) is 0.705.